The van der Waals surface area contributed by atoms with Crippen LogP contribution in [0.5, 0.6) is 5.75 Å². The lowest BCUT2D eigenvalue weighted by Crippen LogP contribution is -2.25. The van der Waals surface area contributed by atoms with Gasteiger partial charge in [-0.05, 0) is 42.6 Å². The first-order valence-electron chi connectivity index (χ1n) is 6.30. The number of hydrogen-bond donors (Lipinski definition) is 0. The molecule has 1 heterocycles. The Morgan fingerprint density at radius 2 is 1.95 bits per heavy atom. The van der Waals surface area contributed by atoms with Crippen molar-refractivity contribution in [2.75, 3.05) is 12.9 Å². The number of aromatic nitrogens is 2. The molecule has 0 aliphatic rings. The van der Waals surface area contributed by atoms with Crippen molar-refractivity contribution < 1.29 is 9.26 Å². The SMILES string of the molecule is CCCCSn1oc(=O)n(-c2ccc(OC)cc2)c1=O. The fourth-order valence-electron chi connectivity index (χ4n) is 1.63. The highest BCUT2D eigenvalue weighted by Crippen LogP contribution is 2.13. The normalized spacial score (nSPS) is 10.7. The minimum atomic E-state index is -0.691. The van der Waals surface area contributed by atoms with Gasteiger partial charge in [-0.3, -0.25) is 0 Å². The van der Waals surface area contributed by atoms with E-state index in [0.717, 1.165) is 27.3 Å². The minimum absolute atomic E-state index is 0.458. The quantitative estimate of drug-likeness (QED) is 0.762. The Kier molecular flexibility index (Phi) is 4.73. The third kappa shape index (κ3) is 2.98. The van der Waals surface area contributed by atoms with Crippen molar-refractivity contribution in [1.29, 1.82) is 0 Å². The van der Waals surface area contributed by atoms with Gasteiger partial charge in [-0.1, -0.05) is 17.5 Å². The van der Waals surface area contributed by atoms with Crippen LogP contribution >= 0.6 is 11.9 Å². The molecule has 7 heteroatoms. The zero-order valence-electron chi connectivity index (χ0n) is 11.4. The molecule has 0 atom stereocenters. The van der Waals surface area contributed by atoms with E-state index in [9.17, 15) is 9.59 Å². The van der Waals surface area contributed by atoms with E-state index in [1.807, 2.05) is 0 Å². The molecule has 0 aliphatic heterocycles. The molecule has 1 aromatic carbocycles. The maximum Gasteiger partial charge on any atom is 0.448 e. The van der Waals surface area contributed by atoms with E-state index in [1.54, 1.807) is 31.4 Å². The smallest absolute Gasteiger partial charge is 0.448 e. The Balaban J connectivity index is 2.32. The van der Waals surface area contributed by atoms with Crippen molar-refractivity contribution in [3.8, 4) is 11.4 Å². The van der Waals surface area contributed by atoms with E-state index in [1.165, 1.54) is 11.9 Å². The van der Waals surface area contributed by atoms with Gasteiger partial charge in [-0.25, -0.2) is 9.59 Å². The van der Waals surface area contributed by atoms with Gasteiger partial charge in [0.25, 0.3) is 0 Å². The first-order valence-corrected chi connectivity index (χ1v) is 7.24. The molecule has 0 bridgehead atoms. The second kappa shape index (κ2) is 6.51. The molecule has 20 heavy (non-hydrogen) atoms. The lowest BCUT2D eigenvalue weighted by atomic mass is 10.3. The van der Waals surface area contributed by atoms with Crippen LogP contribution in [0.15, 0.2) is 38.4 Å². The summed E-state index contributed by atoms with van der Waals surface area (Å²) in [7, 11) is 1.55. The molecular weight excluding hydrogens is 280 g/mol. The molecule has 0 radical (unpaired) electrons. The molecule has 108 valence electrons. The lowest BCUT2D eigenvalue weighted by molar-refractivity contribution is 0.351. The average molecular weight is 296 g/mol. The van der Waals surface area contributed by atoms with Gasteiger partial charge in [0.15, 0.2) is 0 Å². The van der Waals surface area contributed by atoms with Gasteiger partial charge in [-0.15, -0.1) is 0 Å². The van der Waals surface area contributed by atoms with Crippen molar-refractivity contribution in [2.24, 2.45) is 0 Å². The highest BCUT2D eigenvalue weighted by molar-refractivity contribution is 7.97. The first-order chi connectivity index (χ1) is 9.67. The summed E-state index contributed by atoms with van der Waals surface area (Å²) in [5.41, 5.74) is -0.0272. The van der Waals surface area contributed by atoms with Gasteiger partial charge < -0.3 is 9.26 Å². The van der Waals surface area contributed by atoms with Gasteiger partial charge >= 0.3 is 11.4 Å². The summed E-state index contributed by atoms with van der Waals surface area (Å²) >= 11 is 1.20. The number of benzene rings is 1. The number of hydrogen-bond acceptors (Lipinski definition) is 5. The lowest BCUT2D eigenvalue weighted by Gasteiger charge is -2.01. The highest BCUT2D eigenvalue weighted by Gasteiger charge is 2.13. The molecule has 0 saturated heterocycles. The number of unbranched alkanes of at least 4 members (excludes halogenated alkanes) is 1. The van der Waals surface area contributed by atoms with E-state index in [4.69, 9.17) is 9.26 Å². The zero-order chi connectivity index (χ0) is 14.5. The van der Waals surface area contributed by atoms with Crippen LogP contribution < -0.4 is 16.2 Å². The van der Waals surface area contributed by atoms with Crippen LogP contribution in [0.1, 0.15) is 19.8 Å². The van der Waals surface area contributed by atoms with Crippen molar-refractivity contribution in [3.05, 3.63) is 45.3 Å². The van der Waals surface area contributed by atoms with E-state index < -0.39 is 11.4 Å². The Morgan fingerprint density at radius 3 is 2.55 bits per heavy atom. The predicted molar refractivity (Wildman–Crippen MR) is 77.9 cm³/mol. The number of ether oxygens (including phenoxy) is 1. The van der Waals surface area contributed by atoms with E-state index >= 15 is 0 Å². The zero-order valence-corrected chi connectivity index (χ0v) is 12.2. The summed E-state index contributed by atoms with van der Waals surface area (Å²) in [6.07, 6.45) is 1.97. The molecule has 0 unspecified atom stereocenters. The summed E-state index contributed by atoms with van der Waals surface area (Å²) in [5.74, 6) is 0.693. The molecule has 2 aromatic rings. The summed E-state index contributed by atoms with van der Waals surface area (Å²) in [5, 5.41) is 0. The number of rotatable bonds is 6. The third-order valence-electron chi connectivity index (χ3n) is 2.73. The van der Waals surface area contributed by atoms with E-state index in [2.05, 4.69) is 6.92 Å². The predicted octanol–water partition coefficient (Wildman–Crippen LogP) is 1.90. The fourth-order valence-corrected chi connectivity index (χ4v) is 2.52. The van der Waals surface area contributed by atoms with Gasteiger partial charge in [0.05, 0.1) is 12.8 Å². The van der Waals surface area contributed by atoms with Crippen LogP contribution in [-0.2, 0) is 0 Å². The second-order valence-corrected chi connectivity index (χ2v) is 5.12. The monoisotopic (exact) mass is 296 g/mol. The molecule has 1 aromatic heterocycles. The van der Waals surface area contributed by atoms with Crippen LogP contribution in [0, 0.1) is 0 Å². The van der Waals surface area contributed by atoms with E-state index in [-0.39, 0.29) is 0 Å². The molecule has 0 amide bonds. The minimum Gasteiger partial charge on any atom is -0.497 e. The largest absolute Gasteiger partial charge is 0.497 e. The Hall–Kier alpha value is -1.89. The van der Waals surface area contributed by atoms with Gasteiger partial charge in [0.1, 0.15) is 5.75 Å². The van der Waals surface area contributed by atoms with Crippen LogP contribution in [-0.4, -0.2) is 21.6 Å². The molecule has 0 fully saturated rings. The molecule has 2 rings (SSSR count). The maximum atomic E-state index is 12.1. The molecule has 6 nitrogen and oxygen atoms in total. The van der Waals surface area contributed by atoms with Crippen molar-refractivity contribution in [1.82, 2.24) is 8.71 Å². The van der Waals surface area contributed by atoms with Crippen molar-refractivity contribution in [3.63, 3.8) is 0 Å². The summed E-state index contributed by atoms with van der Waals surface area (Å²) in [6, 6.07) is 6.64. The average Bonchev–Trinajstić information content (AvgIpc) is 2.74. The Labute approximate surface area is 120 Å². The highest BCUT2D eigenvalue weighted by atomic mass is 32.2. The van der Waals surface area contributed by atoms with Crippen molar-refractivity contribution in [2.45, 2.75) is 19.8 Å². The van der Waals surface area contributed by atoms with E-state index in [0.29, 0.717) is 11.4 Å². The number of methoxy groups -OCH3 is 1. The van der Waals surface area contributed by atoms with Crippen LogP contribution in [0.4, 0.5) is 0 Å². The molecule has 0 spiro atoms. The van der Waals surface area contributed by atoms with Crippen molar-refractivity contribution >= 4 is 11.9 Å². The van der Waals surface area contributed by atoms with Crippen LogP contribution in [0.2, 0.25) is 0 Å². The van der Waals surface area contributed by atoms with Gasteiger partial charge in [0.2, 0.25) is 0 Å². The van der Waals surface area contributed by atoms with Crippen LogP contribution in [0.3, 0.4) is 0 Å². The maximum absolute atomic E-state index is 12.1. The van der Waals surface area contributed by atoms with Gasteiger partial charge in [0, 0.05) is 5.75 Å². The molecule has 0 N–H and O–H groups in total. The molecule has 0 saturated carbocycles. The van der Waals surface area contributed by atoms with Gasteiger partial charge in [-0.2, -0.15) is 4.57 Å². The summed E-state index contributed by atoms with van der Waals surface area (Å²) in [4.78, 5) is 23.9. The fraction of sp³-hybridized carbons (Fsp3) is 0.385. The third-order valence-corrected chi connectivity index (χ3v) is 3.66. The number of nitrogens with zero attached hydrogens (tertiary/aromatic N) is 2. The Bertz CT molecular complexity index is 669. The summed E-state index contributed by atoms with van der Waals surface area (Å²) in [6.45, 7) is 2.06. The summed E-state index contributed by atoms with van der Waals surface area (Å²) < 4.78 is 12.0. The first kappa shape index (κ1) is 14.5. The molecular formula is C13H16N2O4S. The Morgan fingerprint density at radius 1 is 1.25 bits per heavy atom. The van der Waals surface area contributed by atoms with Crippen LogP contribution in [0.25, 0.3) is 5.69 Å². The molecule has 0 aliphatic carbocycles. The second-order valence-electron chi connectivity index (χ2n) is 4.12. The topological polar surface area (TPSA) is 66.4 Å². The standard InChI is InChI=1S/C13H16N2O4S/c1-3-4-9-20-15-12(16)14(13(17)19-15)10-5-7-11(18-2)8-6-10/h5-8H,3-4,9H2,1-2H3.